The Labute approximate surface area is 209 Å². The average molecular weight is 502 g/mol. The molecule has 4 unspecified atom stereocenters. The molecule has 3 rings (SSSR count). The van der Waals surface area contributed by atoms with Gasteiger partial charge >= 0.3 is 5.97 Å². The molecule has 3 amide bonds. The number of aliphatic carboxylic acids is 1. The molecule has 36 heavy (non-hydrogen) atoms. The number of carbonyl (C=O) groups excluding carboxylic acids is 3. The van der Waals surface area contributed by atoms with Crippen LogP contribution in [-0.2, 0) is 25.6 Å². The van der Waals surface area contributed by atoms with E-state index in [0.29, 0.717) is 19.4 Å². The van der Waals surface area contributed by atoms with Crippen molar-refractivity contribution in [3.05, 3.63) is 36.0 Å². The third-order valence-corrected chi connectivity index (χ3v) is 6.41. The Bertz CT molecular complexity index is 1100. The molecular formula is C25H35N5O6. The van der Waals surface area contributed by atoms with Gasteiger partial charge in [0.25, 0.3) is 0 Å². The van der Waals surface area contributed by atoms with E-state index in [1.807, 2.05) is 38.1 Å². The van der Waals surface area contributed by atoms with E-state index in [2.05, 4.69) is 15.6 Å². The number of nitrogens with zero attached hydrogens (tertiary/aromatic N) is 1. The van der Waals surface area contributed by atoms with Gasteiger partial charge in [0.2, 0.25) is 17.7 Å². The number of aliphatic hydroxyl groups is 1. The predicted molar refractivity (Wildman–Crippen MR) is 133 cm³/mol. The molecule has 1 fully saturated rings. The number of nitrogens with two attached hydrogens (primary N) is 1. The van der Waals surface area contributed by atoms with Crippen molar-refractivity contribution in [2.24, 2.45) is 11.7 Å². The average Bonchev–Trinajstić information content (AvgIpc) is 3.49. The molecule has 1 saturated heterocycles. The maximum atomic E-state index is 13.3. The number of carboxylic acids is 1. The van der Waals surface area contributed by atoms with Crippen LogP contribution in [0.1, 0.15) is 38.7 Å². The van der Waals surface area contributed by atoms with Gasteiger partial charge < -0.3 is 36.5 Å². The van der Waals surface area contributed by atoms with Crippen molar-refractivity contribution >= 4 is 34.6 Å². The zero-order valence-corrected chi connectivity index (χ0v) is 20.6. The quantitative estimate of drug-likeness (QED) is 0.253. The van der Waals surface area contributed by atoms with Crippen LogP contribution in [0.3, 0.4) is 0 Å². The summed E-state index contributed by atoms with van der Waals surface area (Å²) in [6.45, 7) is 3.49. The molecule has 1 aliphatic rings. The fraction of sp³-hybridized carbons (Fsp3) is 0.520. The van der Waals surface area contributed by atoms with Crippen LogP contribution in [0.25, 0.3) is 10.9 Å². The van der Waals surface area contributed by atoms with Gasteiger partial charge in [-0.3, -0.25) is 14.4 Å². The van der Waals surface area contributed by atoms with Crippen molar-refractivity contribution < 1.29 is 29.4 Å². The number of hydrogen-bond donors (Lipinski definition) is 6. The number of H-pyrrole nitrogens is 1. The third-order valence-electron chi connectivity index (χ3n) is 6.41. The first-order valence-corrected chi connectivity index (χ1v) is 12.2. The summed E-state index contributed by atoms with van der Waals surface area (Å²) in [7, 11) is 0. The van der Waals surface area contributed by atoms with E-state index in [1.165, 1.54) is 4.90 Å². The van der Waals surface area contributed by atoms with Crippen LogP contribution in [0.4, 0.5) is 0 Å². The van der Waals surface area contributed by atoms with Gasteiger partial charge in [-0.25, -0.2) is 4.79 Å². The Morgan fingerprint density at radius 1 is 1.17 bits per heavy atom. The summed E-state index contributed by atoms with van der Waals surface area (Å²) >= 11 is 0. The molecule has 0 bridgehead atoms. The smallest absolute Gasteiger partial charge is 0.326 e. The Kier molecular flexibility index (Phi) is 9.05. The Morgan fingerprint density at radius 3 is 2.56 bits per heavy atom. The number of hydrogen-bond acceptors (Lipinski definition) is 6. The van der Waals surface area contributed by atoms with Crippen molar-refractivity contribution in [3.8, 4) is 0 Å². The summed E-state index contributed by atoms with van der Waals surface area (Å²) in [6.07, 6.45) is 3.08. The number of nitrogens with one attached hydrogen (secondary N) is 3. The largest absolute Gasteiger partial charge is 0.480 e. The number of benzene rings is 1. The lowest BCUT2D eigenvalue weighted by atomic mass is 10.0. The van der Waals surface area contributed by atoms with Gasteiger partial charge in [-0.15, -0.1) is 0 Å². The van der Waals surface area contributed by atoms with E-state index in [1.54, 1.807) is 6.20 Å². The lowest BCUT2D eigenvalue weighted by Crippen LogP contribution is -2.57. The molecule has 1 aliphatic heterocycles. The number of rotatable bonds is 11. The fourth-order valence-electron chi connectivity index (χ4n) is 4.56. The summed E-state index contributed by atoms with van der Waals surface area (Å²) in [5.41, 5.74) is 7.33. The molecule has 2 aromatic rings. The van der Waals surface area contributed by atoms with E-state index in [9.17, 15) is 29.4 Å². The highest BCUT2D eigenvalue weighted by molar-refractivity contribution is 5.95. The lowest BCUT2D eigenvalue weighted by molar-refractivity contribution is -0.143. The van der Waals surface area contributed by atoms with E-state index >= 15 is 0 Å². The number of para-hydroxylation sites is 1. The number of fused-ring (bicyclic) bond motifs is 1. The number of likely N-dealkylation sites (tertiary alicyclic amines) is 1. The van der Waals surface area contributed by atoms with Crippen LogP contribution >= 0.6 is 0 Å². The number of carbonyl (C=O) groups is 4. The van der Waals surface area contributed by atoms with E-state index < -0.39 is 54.5 Å². The predicted octanol–water partition coefficient (Wildman–Crippen LogP) is 0.121. The molecular weight excluding hydrogens is 466 g/mol. The topological polar surface area (TPSA) is 178 Å². The van der Waals surface area contributed by atoms with Gasteiger partial charge in [-0.2, -0.15) is 0 Å². The first-order chi connectivity index (χ1) is 17.1. The summed E-state index contributed by atoms with van der Waals surface area (Å²) in [4.78, 5) is 55.3. The minimum Gasteiger partial charge on any atom is -0.480 e. The van der Waals surface area contributed by atoms with Crippen molar-refractivity contribution in [3.63, 3.8) is 0 Å². The second-order valence-corrected chi connectivity index (χ2v) is 9.63. The number of amides is 3. The Morgan fingerprint density at radius 2 is 1.89 bits per heavy atom. The molecule has 0 aliphatic carbocycles. The van der Waals surface area contributed by atoms with Crippen LogP contribution in [0.2, 0.25) is 0 Å². The fourth-order valence-corrected chi connectivity index (χ4v) is 4.56. The first-order valence-electron chi connectivity index (χ1n) is 12.2. The molecule has 7 N–H and O–H groups in total. The van der Waals surface area contributed by atoms with Crippen LogP contribution in [0.5, 0.6) is 0 Å². The summed E-state index contributed by atoms with van der Waals surface area (Å²) in [5.74, 6) is -2.80. The summed E-state index contributed by atoms with van der Waals surface area (Å²) in [5, 5.41) is 25.0. The molecule has 0 saturated carbocycles. The molecule has 0 spiro atoms. The van der Waals surface area contributed by atoms with E-state index in [-0.39, 0.29) is 18.8 Å². The van der Waals surface area contributed by atoms with Crippen LogP contribution in [0.15, 0.2) is 30.5 Å². The van der Waals surface area contributed by atoms with Gasteiger partial charge in [0.05, 0.1) is 6.61 Å². The van der Waals surface area contributed by atoms with Crippen molar-refractivity contribution in [1.82, 2.24) is 20.5 Å². The second kappa shape index (κ2) is 12.0. The standard InChI is InChI=1S/C25H35N5O6/c1-14(2)10-20(25(35)36)29-22(32)19(11-15-12-27-18-7-4-3-6-16(15)18)28-23(33)21-8-5-9-30(21)24(34)17(26)13-31/h3-4,6-7,12,14,17,19-21,27,31H,5,8-11,13,26H2,1-2H3,(H,28,33)(H,29,32)(H,35,36). The molecule has 1 aromatic carbocycles. The van der Waals surface area contributed by atoms with Crippen molar-refractivity contribution in [2.75, 3.05) is 13.2 Å². The number of aromatic nitrogens is 1. The highest BCUT2D eigenvalue weighted by Crippen LogP contribution is 2.21. The summed E-state index contributed by atoms with van der Waals surface area (Å²) < 4.78 is 0. The van der Waals surface area contributed by atoms with Gasteiger partial charge in [0, 0.05) is 30.1 Å². The number of carboxylic acid groups (broad SMARTS) is 1. The minimum atomic E-state index is -1.15. The van der Waals surface area contributed by atoms with Crippen molar-refractivity contribution in [1.29, 1.82) is 0 Å². The Balaban J connectivity index is 1.84. The summed E-state index contributed by atoms with van der Waals surface area (Å²) in [6, 6.07) is 3.38. The normalized spacial score (nSPS) is 18.1. The zero-order valence-electron chi connectivity index (χ0n) is 20.6. The molecule has 4 atom stereocenters. The van der Waals surface area contributed by atoms with Gasteiger partial charge in [0.15, 0.2) is 0 Å². The molecule has 11 nitrogen and oxygen atoms in total. The highest BCUT2D eigenvalue weighted by Gasteiger charge is 2.38. The highest BCUT2D eigenvalue weighted by atomic mass is 16.4. The number of aliphatic hydroxyl groups excluding tert-OH is 1. The number of aromatic amines is 1. The lowest BCUT2D eigenvalue weighted by Gasteiger charge is -2.28. The van der Waals surface area contributed by atoms with Gasteiger partial charge in [0.1, 0.15) is 24.2 Å². The molecule has 11 heteroatoms. The minimum absolute atomic E-state index is 0.0295. The third kappa shape index (κ3) is 6.41. The zero-order chi connectivity index (χ0) is 26.4. The van der Waals surface area contributed by atoms with Gasteiger partial charge in [-0.05, 0) is 36.8 Å². The van der Waals surface area contributed by atoms with E-state index in [0.717, 1.165) is 16.5 Å². The van der Waals surface area contributed by atoms with Crippen LogP contribution in [0, 0.1) is 5.92 Å². The molecule has 1 aromatic heterocycles. The van der Waals surface area contributed by atoms with E-state index in [4.69, 9.17) is 5.73 Å². The van der Waals surface area contributed by atoms with Crippen molar-refractivity contribution in [2.45, 2.75) is 63.7 Å². The first kappa shape index (κ1) is 27.2. The maximum absolute atomic E-state index is 13.3. The molecule has 196 valence electrons. The van der Waals surface area contributed by atoms with Crippen LogP contribution < -0.4 is 16.4 Å². The maximum Gasteiger partial charge on any atom is 0.326 e. The second-order valence-electron chi connectivity index (χ2n) is 9.63. The Hall–Kier alpha value is -3.44. The SMILES string of the molecule is CC(C)CC(NC(=O)C(Cc1c[nH]c2ccccc12)NC(=O)C1CCCN1C(=O)C(N)CO)C(=O)O. The molecule has 0 radical (unpaired) electrons. The monoisotopic (exact) mass is 501 g/mol. The van der Waals surface area contributed by atoms with Crippen LogP contribution in [-0.4, -0.2) is 81.1 Å². The van der Waals surface area contributed by atoms with Gasteiger partial charge in [-0.1, -0.05) is 32.0 Å². The molecule has 2 heterocycles.